The number of thiophene rings is 1. The summed E-state index contributed by atoms with van der Waals surface area (Å²) in [6.45, 7) is 2.00. The van der Waals surface area contributed by atoms with E-state index in [2.05, 4.69) is 0 Å². The zero-order chi connectivity index (χ0) is 13.4. The van der Waals surface area contributed by atoms with Crippen LogP contribution in [0.4, 0.5) is 4.39 Å². The number of aryl methyl sites for hydroxylation is 1. The third kappa shape index (κ3) is 2.39. The molecule has 3 aromatic rings. The number of aliphatic hydroxyl groups is 1. The Balaban J connectivity index is 2.04. The lowest BCUT2D eigenvalue weighted by molar-refractivity contribution is 0.224. The Kier molecular flexibility index (Phi) is 3.09. The van der Waals surface area contributed by atoms with Gasteiger partial charge < -0.3 is 5.11 Å². The van der Waals surface area contributed by atoms with Crippen molar-refractivity contribution in [2.45, 2.75) is 13.0 Å². The molecule has 19 heavy (non-hydrogen) atoms. The maximum atomic E-state index is 13.2. The summed E-state index contributed by atoms with van der Waals surface area (Å²) < 4.78 is 14.0. The molecular formula is C16H13FOS. The fourth-order valence-electron chi connectivity index (χ4n) is 2.16. The number of hydrogen-bond donors (Lipinski definition) is 1. The molecule has 0 spiro atoms. The molecule has 0 aliphatic heterocycles. The first-order chi connectivity index (χ1) is 9.13. The highest BCUT2D eigenvalue weighted by Crippen LogP contribution is 2.33. The Hall–Kier alpha value is -1.71. The average Bonchev–Trinajstić information content (AvgIpc) is 2.80. The molecule has 0 bridgehead atoms. The molecule has 3 rings (SSSR count). The molecule has 1 atom stereocenters. The van der Waals surface area contributed by atoms with Gasteiger partial charge in [-0.25, -0.2) is 4.39 Å². The monoisotopic (exact) mass is 272 g/mol. The highest BCUT2D eigenvalue weighted by Gasteiger charge is 2.14. The van der Waals surface area contributed by atoms with Crippen LogP contribution in [-0.4, -0.2) is 5.11 Å². The summed E-state index contributed by atoms with van der Waals surface area (Å²) in [4.78, 5) is 0.839. The molecular weight excluding hydrogens is 259 g/mol. The van der Waals surface area contributed by atoms with Crippen LogP contribution in [-0.2, 0) is 0 Å². The van der Waals surface area contributed by atoms with Crippen LogP contribution >= 0.6 is 11.3 Å². The summed E-state index contributed by atoms with van der Waals surface area (Å²) in [7, 11) is 0. The molecule has 2 aromatic carbocycles. The van der Waals surface area contributed by atoms with Crippen LogP contribution in [0, 0.1) is 12.7 Å². The minimum Gasteiger partial charge on any atom is -0.383 e. The third-order valence-electron chi connectivity index (χ3n) is 3.13. The molecule has 0 amide bonds. The zero-order valence-electron chi connectivity index (χ0n) is 10.4. The van der Waals surface area contributed by atoms with Crippen LogP contribution in [0.5, 0.6) is 0 Å². The van der Waals surface area contributed by atoms with Gasteiger partial charge in [0.2, 0.25) is 0 Å². The number of halogens is 1. The Morgan fingerprint density at radius 3 is 2.74 bits per heavy atom. The molecule has 0 saturated carbocycles. The first-order valence-electron chi connectivity index (χ1n) is 6.07. The third-order valence-corrected chi connectivity index (χ3v) is 4.28. The summed E-state index contributed by atoms with van der Waals surface area (Å²) in [6.07, 6.45) is -0.652. The van der Waals surface area contributed by atoms with Gasteiger partial charge in [0.1, 0.15) is 11.9 Å². The summed E-state index contributed by atoms with van der Waals surface area (Å²) in [5, 5.41) is 11.4. The van der Waals surface area contributed by atoms with Crippen molar-refractivity contribution in [1.29, 1.82) is 0 Å². The topological polar surface area (TPSA) is 20.2 Å². The molecule has 3 heteroatoms. The van der Waals surface area contributed by atoms with Crippen LogP contribution in [0.3, 0.4) is 0 Å². The molecule has 1 heterocycles. The maximum Gasteiger partial charge on any atom is 0.124 e. The first-order valence-corrected chi connectivity index (χ1v) is 6.89. The standard InChI is InChI=1S/C16H13FOS/c1-10-3-2-4-12(7-10)16(18)15-8-11-5-6-13(17)9-14(11)19-15/h2-9,16,18H,1H3. The first kappa shape index (κ1) is 12.3. The van der Waals surface area contributed by atoms with E-state index in [0.717, 1.165) is 26.1 Å². The SMILES string of the molecule is Cc1cccc(C(O)c2cc3ccc(F)cc3s2)c1. The molecule has 0 aliphatic carbocycles. The number of hydrogen-bond acceptors (Lipinski definition) is 2. The Labute approximate surface area is 115 Å². The van der Waals surface area contributed by atoms with Gasteiger partial charge >= 0.3 is 0 Å². The van der Waals surface area contributed by atoms with Gasteiger partial charge in [0.15, 0.2) is 0 Å². The van der Waals surface area contributed by atoms with E-state index in [0.29, 0.717) is 0 Å². The summed E-state index contributed by atoms with van der Waals surface area (Å²) >= 11 is 1.43. The van der Waals surface area contributed by atoms with Crippen molar-refractivity contribution in [2.24, 2.45) is 0 Å². The summed E-state index contributed by atoms with van der Waals surface area (Å²) in [6, 6.07) is 14.4. The molecule has 96 valence electrons. The van der Waals surface area contributed by atoms with Crippen molar-refractivity contribution >= 4 is 21.4 Å². The van der Waals surface area contributed by atoms with Gasteiger partial charge in [-0.1, -0.05) is 35.9 Å². The van der Waals surface area contributed by atoms with E-state index in [1.165, 1.54) is 23.5 Å². The van der Waals surface area contributed by atoms with Gasteiger partial charge in [-0.15, -0.1) is 11.3 Å². The minimum atomic E-state index is -0.652. The molecule has 0 fully saturated rings. The van der Waals surface area contributed by atoms with Gasteiger partial charge in [0.25, 0.3) is 0 Å². The second-order valence-electron chi connectivity index (χ2n) is 4.65. The Bertz CT molecular complexity index is 732. The van der Waals surface area contributed by atoms with Crippen molar-refractivity contribution in [3.05, 3.63) is 70.4 Å². The van der Waals surface area contributed by atoms with E-state index in [1.807, 2.05) is 37.3 Å². The normalized spacial score (nSPS) is 12.8. The van der Waals surface area contributed by atoms with Crippen LogP contribution in [0.25, 0.3) is 10.1 Å². The maximum absolute atomic E-state index is 13.2. The fourth-order valence-corrected chi connectivity index (χ4v) is 3.27. The van der Waals surface area contributed by atoms with Crippen LogP contribution < -0.4 is 0 Å². The van der Waals surface area contributed by atoms with Crippen molar-refractivity contribution < 1.29 is 9.50 Å². The number of benzene rings is 2. The van der Waals surface area contributed by atoms with Crippen molar-refractivity contribution in [3.8, 4) is 0 Å². The number of fused-ring (bicyclic) bond motifs is 1. The van der Waals surface area contributed by atoms with Crippen molar-refractivity contribution in [3.63, 3.8) is 0 Å². The average molecular weight is 272 g/mol. The highest BCUT2D eigenvalue weighted by atomic mass is 32.1. The van der Waals surface area contributed by atoms with Crippen LogP contribution in [0.15, 0.2) is 48.5 Å². The number of aliphatic hydroxyl groups excluding tert-OH is 1. The van der Waals surface area contributed by atoms with Gasteiger partial charge in [-0.3, -0.25) is 0 Å². The van der Waals surface area contributed by atoms with E-state index in [9.17, 15) is 9.50 Å². The van der Waals surface area contributed by atoms with Crippen molar-refractivity contribution in [2.75, 3.05) is 0 Å². The van der Waals surface area contributed by atoms with Crippen LogP contribution in [0.2, 0.25) is 0 Å². The predicted octanol–water partition coefficient (Wildman–Crippen LogP) is 4.43. The summed E-state index contributed by atoms with van der Waals surface area (Å²) in [5.41, 5.74) is 1.98. The highest BCUT2D eigenvalue weighted by molar-refractivity contribution is 7.19. The second kappa shape index (κ2) is 4.76. The molecule has 1 N–H and O–H groups in total. The predicted molar refractivity (Wildman–Crippen MR) is 77.0 cm³/mol. The minimum absolute atomic E-state index is 0.244. The lowest BCUT2D eigenvalue weighted by Gasteiger charge is -2.09. The lowest BCUT2D eigenvalue weighted by Crippen LogP contribution is -1.96. The molecule has 1 nitrogen and oxygen atoms in total. The second-order valence-corrected chi connectivity index (χ2v) is 5.76. The molecule has 0 aliphatic rings. The van der Waals surface area contributed by atoms with Crippen molar-refractivity contribution in [1.82, 2.24) is 0 Å². The van der Waals surface area contributed by atoms with Gasteiger partial charge in [-0.2, -0.15) is 0 Å². The lowest BCUT2D eigenvalue weighted by atomic mass is 10.1. The van der Waals surface area contributed by atoms with E-state index >= 15 is 0 Å². The van der Waals surface area contributed by atoms with E-state index in [4.69, 9.17) is 0 Å². The van der Waals surface area contributed by atoms with Gasteiger partial charge in [0, 0.05) is 9.58 Å². The molecule has 1 unspecified atom stereocenters. The molecule has 1 aromatic heterocycles. The Morgan fingerprint density at radius 1 is 1.11 bits per heavy atom. The molecule has 0 radical (unpaired) electrons. The smallest absolute Gasteiger partial charge is 0.124 e. The van der Waals surface area contributed by atoms with Gasteiger partial charge in [-0.05, 0) is 36.1 Å². The Morgan fingerprint density at radius 2 is 1.95 bits per heavy atom. The number of rotatable bonds is 2. The van der Waals surface area contributed by atoms with E-state index in [-0.39, 0.29) is 5.82 Å². The quantitative estimate of drug-likeness (QED) is 0.731. The van der Waals surface area contributed by atoms with E-state index < -0.39 is 6.10 Å². The summed E-state index contributed by atoms with van der Waals surface area (Å²) in [5.74, 6) is -0.244. The van der Waals surface area contributed by atoms with Crippen LogP contribution in [0.1, 0.15) is 22.1 Å². The van der Waals surface area contributed by atoms with E-state index in [1.54, 1.807) is 6.07 Å². The zero-order valence-corrected chi connectivity index (χ0v) is 11.2. The molecule has 0 saturated heterocycles. The largest absolute Gasteiger partial charge is 0.383 e. The van der Waals surface area contributed by atoms with Gasteiger partial charge in [0.05, 0.1) is 0 Å². The fraction of sp³-hybridized carbons (Fsp3) is 0.125.